The summed E-state index contributed by atoms with van der Waals surface area (Å²) in [5.74, 6) is 0.473. The van der Waals surface area contributed by atoms with Crippen LogP contribution in [0.2, 0.25) is 0 Å². The first-order valence-electron chi connectivity index (χ1n) is 5.35. The van der Waals surface area contributed by atoms with Gasteiger partial charge in [0.25, 0.3) is 5.19 Å². The number of hydrogen-bond donors (Lipinski definition) is 1. The predicted molar refractivity (Wildman–Crippen MR) is 58.1 cm³/mol. The molecule has 0 aromatic carbocycles. The summed E-state index contributed by atoms with van der Waals surface area (Å²) in [5, 5.41) is 18.5. The lowest BCUT2D eigenvalue weighted by Gasteiger charge is -2.26. The van der Waals surface area contributed by atoms with Gasteiger partial charge in [0, 0.05) is 6.61 Å². The van der Waals surface area contributed by atoms with E-state index in [0.717, 1.165) is 30.7 Å². The van der Waals surface area contributed by atoms with E-state index in [-0.39, 0.29) is 6.10 Å². The Balaban J connectivity index is 1.82. The predicted octanol–water partition coefficient (Wildman–Crippen LogP) is 1.78. The number of hydrogen-bond acceptors (Lipinski definition) is 5. The highest BCUT2D eigenvalue weighted by molar-refractivity contribution is 7.12. The number of aromatic nitrogens is 2. The van der Waals surface area contributed by atoms with Gasteiger partial charge in [0.15, 0.2) is 0 Å². The van der Waals surface area contributed by atoms with Gasteiger partial charge in [0.05, 0.1) is 0 Å². The molecule has 0 saturated heterocycles. The normalized spacial score (nSPS) is 26.5. The summed E-state index contributed by atoms with van der Waals surface area (Å²) in [4.78, 5) is 0. The summed E-state index contributed by atoms with van der Waals surface area (Å²) < 4.78 is 5.73. The molecule has 1 heterocycles. The highest BCUT2D eigenvalue weighted by atomic mass is 32.1. The molecule has 1 aromatic heterocycles. The van der Waals surface area contributed by atoms with Crippen LogP contribution in [0.25, 0.3) is 0 Å². The van der Waals surface area contributed by atoms with Crippen molar-refractivity contribution in [3.8, 4) is 5.19 Å². The van der Waals surface area contributed by atoms with Crippen molar-refractivity contribution < 1.29 is 9.84 Å². The van der Waals surface area contributed by atoms with Gasteiger partial charge < -0.3 is 9.84 Å². The maximum atomic E-state index is 9.01. The van der Waals surface area contributed by atoms with Crippen LogP contribution in [0.5, 0.6) is 5.19 Å². The van der Waals surface area contributed by atoms with Crippen LogP contribution < -0.4 is 4.74 Å². The number of aliphatic hydroxyl groups is 1. The highest BCUT2D eigenvalue weighted by Crippen LogP contribution is 2.28. The third-order valence-electron chi connectivity index (χ3n) is 2.83. The average molecular weight is 228 g/mol. The summed E-state index contributed by atoms with van der Waals surface area (Å²) in [6.45, 7) is 2.23. The molecular weight excluding hydrogens is 212 g/mol. The van der Waals surface area contributed by atoms with Crippen LogP contribution in [0.15, 0.2) is 0 Å². The van der Waals surface area contributed by atoms with Gasteiger partial charge in [-0.15, -0.1) is 10.2 Å². The molecule has 0 amide bonds. The molecule has 1 aliphatic carbocycles. The molecule has 5 heteroatoms. The van der Waals surface area contributed by atoms with E-state index in [9.17, 15) is 0 Å². The summed E-state index contributed by atoms with van der Waals surface area (Å²) in [5.41, 5.74) is 0. The molecule has 0 bridgehead atoms. The molecule has 15 heavy (non-hydrogen) atoms. The Bertz CT molecular complexity index is 308. The Kier molecular flexibility index (Phi) is 3.53. The minimum atomic E-state index is 0.264. The van der Waals surface area contributed by atoms with Crippen molar-refractivity contribution in [2.45, 2.75) is 38.7 Å². The van der Waals surface area contributed by atoms with Crippen molar-refractivity contribution in [3.05, 3.63) is 5.01 Å². The molecule has 1 fully saturated rings. The first-order chi connectivity index (χ1) is 7.28. The van der Waals surface area contributed by atoms with E-state index in [1.807, 2.05) is 6.92 Å². The van der Waals surface area contributed by atoms with Gasteiger partial charge in [-0.1, -0.05) is 11.3 Å². The molecule has 84 valence electrons. The first-order valence-corrected chi connectivity index (χ1v) is 6.17. The maximum absolute atomic E-state index is 9.01. The second-order valence-electron chi connectivity index (χ2n) is 4.03. The summed E-state index contributed by atoms with van der Waals surface area (Å²) in [6.07, 6.45) is 4.41. The standard InChI is InChI=1S/C10H16N2O2S/c1-7-11-12-10(15-7)14-9-4-2-8(6-13)3-5-9/h8-9,13H,2-6H2,1H3. The molecule has 0 radical (unpaired) electrons. The zero-order chi connectivity index (χ0) is 10.7. The minimum absolute atomic E-state index is 0.264. The second kappa shape index (κ2) is 4.90. The average Bonchev–Trinajstić information content (AvgIpc) is 2.65. The molecule has 0 aliphatic heterocycles. The van der Waals surface area contributed by atoms with E-state index in [0.29, 0.717) is 17.7 Å². The largest absolute Gasteiger partial charge is 0.466 e. The summed E-state index contributed by atoms with van der Waals surface area (Å²) in [6, 6.07) is 0. The Hall–Kier alpha value is -0.680. The van der Waals surface area contributed by atoms with Crippen molar-refractivity contribution >= 4 is 11.3 Å². The van der Waals surface area contributed by atoms with Gasteiger partial charge >= 0.3 is 0 Å². The number of nitrogens with zero attached hydrogens (tertiary/aromatic N) is 2. The van der Waals surface area contributed by atoms with Crippen LogP contribution in [0.3, 0.4) is 0 Å². The number of aryl methyl sites for hydroxylation is 1. The molecule has 0 spiro atoms. The van der Waals surface area contributed by atoms with Gasteiger partial charge in [-0.3, -0.25) is 0 Å². The number of aliphatic hydroxyl groups excluding tert-OH is 1. The summed E-state index contributed by atoms with van der Waals surface area (Å²) >= 11 is 1.49. The Labute approximate surface area is 93.3 Å². The van der Waals surface area contributed by atoms with Crippen molar-refractivity contribution in [1.82, 2.24) is 10.2 Å². The monoisotopic (exact) mass is 228 g/mol. The zero-order valence-electron chi connectivity index (χ0n) is 8.85. The molecule has 4 nitrogen and oxygen atoms in total. The smallest absolute Gasteiger partial charge is 0.294 e. The van der Waals surface area contributed by atoms with Crippen LogP contribution in [-0.2, 0) is 0 Å². The Morgan fingerprint density at radius 2 is 2.07 bits per heavy atom. The fourth-order valence-corrected chi connectivity index (χ4v) is 2.50. The van der Waals surface area contributed by atoms with Crippen LogP contribution >= 0.6 is 11.3 Å². The molecule has 0 unspecified atom stereocenters. The topological polar surface area (TPSA) is 55.2 Å². The zero-order valence-corrected chi connectivity index (χ0v) is 9.66. The molecule has 1 aliphatic rings. The highest BCUT2D eigenvalue weighted by Gasteiger charge is 2.22. The minimum Gasteiger partial charge on any atom is -0.466 e. The third kappa shape index (κ3) is 2.89. The van der Waals surface area contributed by atoms with E-state index in [1.54, 1.807) is 0 Å². The van der Waals surface area contributed by atoms with Crippen molar-refractivity contribution in [2.24, 2.45) is 5.92 Å². The van der Waals surface area contributed by atoms with Crippen molar-refractivity contribution in [2.75, 3.05) is 6.61 Å². The van der Waals surface area contributed by atoms with Crippen molar-refractivity contribution in [1.29, 1.82) is 0 Å². The molecule has 0 atom stereocenters. The lowest BCUT2D eigenvalue weighted by Crippen LogP contribution is -2.25. The first kappa shape index (κ1) is 10.8. The number of rotatable bonds is 3. The van der Waals surface area contributed by atoms with Gasteiger partial charge in [0.2, 0.25) is 0 Å². The molecule has 1 saturated carbocycles. The van der Waals surface area contributed by atoms with Crippen molar-refractivity contribution in [3.63, 3.8) is 0 Å². The van der Waals surface area contributed by atoms with Gasteiger partial charge in [-0.2, -0.15) is 0 Å². The second-order valence-corrected chi connectivity index (χ2v) is 5.17. The number of ether oxygens (including phenoxy) is 1. The van der Waals surface area contributed by atoms with Crippen LogP contribution in [0, 0.1) is 12.8 Å². The van der Waals surface area contributed by atoms with E-state index in [1.165, 1.54) is 11.3 Å². The maximum Gasteiger partial charge on any atom is 0.294 e. The van der Waals surface area contributed by atoms with Gasteiger partial charge in [-0.05, 0) is 38.5 Å². The fraction of sp³-hybridized carbons (Fsp3) is 0.800. The van der Waals surface area contributed by atoms with E-state index < -0.39 is 0 Å². The van der Waals surface area contributed by atoms with Crippen LogP contribution in [0.1, 0.15) is 30.7 Å². The fourth-order valence-electron chi connectivity index (χ4n) is 1.90. The molecule has 1 aromatic rings. The third-order valence-corrected chi connectivity index (χ3v) is 3.56. The summed E-state index contributed by atoms with van der Waals surface area (Å²) in [7, 11) is 0. The SMILES string of the molecule is Cc1nnc(OC2CCC(CO)CC2)s1. The molecule has 2 rings (SSSR count). The van der Waals surface area contributed by atoms with E-state index >= 15 is 0 Å². The molecule has 1 N–H and O–H groups in total. The van der Waals surface area contributed by atoms with Gasteiger partial charge in [-0.25, -0.2) is 0 Å². The lowest BCUT2D eigenvalue weighted by molar-refractivity contribution is 0.103. The van der Waals surface area contributed by atoms with E-state index in [4.69, 9.17) is 9.84 Å². The van der Waals surface area contributed by atoms with Gasteiger partial charge in [0.1, 0.15) is 11.1 Å². The Morgan fingerprint density at radius 1 is 1.33 bits per heavy atom. The molecular formula is C10H16N2O2S. The lowest BCUT2D eigenvalue weighted by atomic mass is 9.88. The Morgan fingerprint density at radius 3 is 2.60 bits per heavy atom. The quantitative estimate of drug-likeness (QED) is 0.856. The van der Waals surface area contributed by atoms with E-state index in [2.05, 4.69) is 10.2 Å². The van der Waals surface area contributed by atoms with Crippen LogP contribution in [0.4, 0.5) is 0 Å². The van der Waals surface area contributed by atoms with Crippen LogP contribution in [-0.4, -0.2) is 28.0 Å².